The molecule has 0 bridgehead atoms. The van der Waals surface area contributed by atoms with E-state index in [0.717, 1.165) is 5.75 Å². The zero-order valence-corrected chi connectivity index (χ0v) is 12.5. The Labute approximate surface area is 122 Å². The summed E-state index contributed by atoms with van der Waals surface area (Å²) in [6, 6.07) is 0. The van der Waals surface area contributed by atoms with Crippen molar-refractivity contribution >= 4 is 29.6 Å². The molecule has 9 heteroatoms. The van der Waals surface area contributed by atoms with E-state index in [2.05, 4.69) is 5.32 Å². The molecular formula is C11H23N3O5S. The minimum atomic E-state index is -1.05. The lowest BCUT2D eigenvalue weighted by Gasteiger charge is -2.17. The van der Waals surface area contributed by atoms with Crippen LogP contribution in [-0.4, -0.2) is 58.7 Å². The SMILES string of the molecule is CSCC[C@](C)(N)C(=O)O.NC(=O)CCNCC(=O)O. The summed E-state index contributed by atoms with van der Waals surface area (Å²) in [6.07, 6.45) is 2.62. The van der Waals surface area contributed by atoms with Crippen molar-refractivity contribution in [2.24, 2.45) is 11.5 Å². The molecule has 0 aliphatic rings. The number of aliphatic carboxylic acids is 2. The molecule has 0 unspecified atom stereocenters. The molecule has 0 aromatic rings. The number of primary amides is 1. The fraction of sp³-hybridized carbons (Fsp3) is 0.727. The second kappa shape index (κ2) is 11.5. The molecule has 118 valence electrons. The fourth-order valence-corrected chi connectivity index (χ4v) is 1.46. The number of hydrogen-bond donors (Lipinski definition) is 5. The molecule has 0 spiro atoms. The van der Waals surface area contributed by atoms with Crippen LogP contribution in [0.4, 0.5) is 0 Å². The number of nitrogens with two attached hydrogens (primary N) is 2. The molecular weight excluding hydrogens is 286 g/mol. The van der Waals surface area contributed by atoms with Crippen LogP contribution in [0.5, 0.6) is 0 Å². The monoisotopic (exact) mass is 309 g/mol. The summed E-state index contributed by atoms with van der Waals surface area (Å²) in [6.45, 7) is 1.72. The van der Waals surface area contributed by atoms with Gasteiger partial charge in [-0.05, 0) is 25.4 Å². The number of hydrogen-bond acceptors (Lipinski definition) is 6. The van der Waals surface area contributed by atoms with Crippen molar-refractivity contribution in [3.63, 3.8) is 0 Å². The molecule has 0 aromatic carbocycles. The summed E-state index contributed by atoms with van der Waals surface area (Å²) in [5, 5.41) is 19.1. The molecule has 0 heterocycles. The van der Waals surface area contributed by atoms with Gasteiger partial charge in [0.2, 0.25) is 5.91 Å². The molecule has 20 heavy (non-hydrogen) atoms. The number of carbonyl (C=O) groups excluding carboxylic acids is 1. The normalized spacial score (nSPS) is 12.8. The third kappa shape index (κ3) is 14.7. The Kier molecular flexibility index (Phi) is 12.1. The summed E-state index contributed by atoms with van der Waals surface area (Å²) >= 11 is 1.60. The van der Waals surface area contributed by atoms with Crippen LogP contribution in [0.3, 0.4) is 0 Å². The molecule has 0 aliphatic heterocycles. The number of carboxylic acids is 2. The second-order valence-corrected chi connectivity index (χ2v) is 5.24. The molecule has 7 N–H and O–H groups in total. The van der Waals surface area contributed by atoms with E-state index in [1.54, 1.807) is 11.8 Å². The minimum absolute atomic E-state index is 0.132. The first-order valence-corrected chi connectivity index (χ1v) is 7.25. The molecule has 0 fully saturated rings. The van der Waals surface area contributed by atoms with E-state index >= 15 is 0 Å². The number of carbonyl (C=O) groups is 3. The van der Waals surface area contributed by atoms with Gasteiger partial charge in [-0.3, -0.25) is 14.4 Å². The van der Waals surface area contributed by atoms with Crippen LogP contribution >= 0.6 is 11.8 Å². The van der Waals surface area contributed by atoms with Gasteiger partial charge in [-0.15, -0.1) is 0 Å². The average molecular weight is 309 g/mol. The molecule has 1 atom stereocenters. The predicted molar refractivity (Wildman–Crippen MR) is 77.5 cm³/mol. The highest BCUT2D eigenvalue weighted by atomic mass is 32.2. The Balaban J connectivity index is 0. The predicted octanol–water partition coefficient (Wildman–Crippen LogP) is -0.922. The van der Waals surface area contributed by atoms with Crippen LogP contribution < -0.4 is 16.8 Å². The minimum Gasteiger partial charge on any atom is -0.480 e. The first-order valence-electron chi connectivity index (χ1n) is 5.85. The smallest absolute Gasteiger partial charge is 0.323 e. The van der Waals surface area contributed by atoms with E-state index < -0.39 is 23.4 Å². The van der Waals surface area contributed by atoms with Crippen LogP contribution in [-0.2, 0) is 14.4 Å². The number of amides is 1. The zero-order chi connectivity index (χ0) is 16.2. The van der Waals surface area contributed by atoms with Crippen LogP contribution in [0.2, 0.25) is 0 Å². The highest BCUT2D eigenvalue weighted by Crippen LogP contribution is 2.09. The van der Waals surface area contributed by atoms with Gasteiger partial charge in [0.15, 0.2) is 0 Å². The topological polar surface area (TPSA) is 156 Å². The van der Waals surface area contributed by atoms with E-state index in [1.807, 2.05) is 6.26 Å². The lowest BCUT2D eigenvalue weighted by atomic mass is 10.0. The Morgan fingerprint density at radius 2 is 1.85 bits per heavy atom. The summed E-state index contributed by atoms with van der Waals surface area (Å²) in [5.74, 6) is -1.51. The van der Waals surface area contributed by atoms with Crippen molar-refractivity contribution in [1.29, 1.82) is 0 Å². The fourth-order valence-electron chi connectivity index (χ4n) is 0.828. The Hall–Kier alpha value is -1.32. The summed E-state index contributed by atoms with van der Waals surface area (Å²) in [5.41, 5.74) is 9.16. The number of rotatable bonds is 9. The largest absolute Gasteiger partial charge is 0.480 e. The maximum atomic E-state index is 10.4. The van der Waals surface area contributed by atoms with E-state index in [9.17, 15) is 14.4 Å². The number of thioether (sulfide) groups is 1. The molecule has 0 radical (unpaired) electrons. The van der Waals surface area contributed by atoms with E-state index in [1.165, 1.54) is 6.92 Å². The third-order valence-electron chi connectivity index (χ3n) is 2.14. The maximum absolute atomic E-state index is 10.4. The summed E-state index contributed by atoms with van der Waals surface area (Å²) in [7, 11) is 0. The third-order valence-corrected chi connectivity index (χ3v) is 2.75. The van der Waals surface area contributed by atoms with Crippen molar-refractivity contribution in [2.75, 3.05) is 25.1 Å². The van der Waals surface area contributed by atoms with Crippen molar-refractivity contribution in [3.8, 4) is 0 Å². The average Bonchev–Trinajstić information content (AvgIpc) is 2.32. The number of carboxylic acid groups (broad SMARTS) is 2. The van der Waals surface area contributed by atoms with Gasteiger partial charge in [0.05, 0.1) is 6.54 Å². The standard InChI is InChI=1S/C6H13NO2S.C5H10N2O3/c1-6(7,5(8)9)3-4-10-2;6-4(8)1-2-7-3-5(9)10/h3-4,7H2,1-2H3,(H,8,9);7H,1-3H2,(H2,6,8)(H,9,10)/t6-;/m0./s1. The molecule has 1 amide bonds. The van der Waals surface area contributed by atoms with Gasteiger partial charge in [-0.25, -0.2) is 0 Å². The van der Waals surface area contributed by atoms with Gasteiger partial charge in [-0.2, -0.15) is 11.8 Å². The first kappa shape index (κ1) is 21.0. The van der Waals surface area contributed by atoms with Crippen LogP contribution in [0, 0.1) is 0 Å². The van der Waals surface area contributed by atoms with Gasteiger partial charge in [-0.1, -0.05) is 0 Å². The van der Waals surface area contributed by atoms with Gasteiger partial charge in [0, 0.05) is 13.0 Å². The van der Waals surface area contributed by atoms with Crippen LogP contribution in [0.25, 0.3) is 0 Å². The van der Waals surface area contributed by atoms with Crippen molar-refractivity contribution in [1.82, 2.24) is 5.32 Å². The molecule has 0 aromatic heterocycles. The van der Waals surface area contributed by atoms with Gasteiger partial charge in [0.25, 0.3) is 0 Å². The second-order valence-electron chi connectivity index (χ2n) is 4.25. The quantitative estimate of drug-likeness (QED) is 0.342. The van der Waals surface area contributed by atoms with Crippen LogP contribution in [0.1, 0.15) is 19.8 Å². The van der Waals surface area contributed by atoms with Crippen molar-refractivity contribution < 1.29 is 24.6 Å². The van der Waals surface area contributed by atoms with E-state index in [4.69, 9.17) is 21.7 Å². The Bertz CT molecular complexity index is 307. The van der Waals surface area contributed by atoms with Gasteiger partial charge >= 0.3 is 11.9 Å². The first-order chi connectivity index (χ1) is 9.13. The van der Waals surface area contributed by atoms with Gasteiger partial charge < -0.3 is 27.0 Å². The lowest BCUT2D eigenvalue weighted by molar-refractivity contribution is -0.142. The highest BCUT2D eigenvalue weighted by Gasteiger charge is 2.26. The lowest BCUT2D eigenvalue weighted by Crippen LogP contribution is -2.45. The number of nitrogens with one attached hydrogen (secondary N) is 1. The molecule has 0 rings (SSSR count). The highest BCUT2D eigenvalue weighted by molar-refractivity contribution is 7.98. The van der Waals surface area contributed by atoms with Gasteiger partial charge in [0.1, 0.15) is 5.54 Å². The van der Waals surface area contributed by atoms with E-state index in [-0.39, 0.29) is 13.0 Å². The molecule has 0 saturated carbocycles. The Morgan fingerprint density at radius 1 is 1.30 bits per heavy atom. The zero-order valence-electron chi connectivity index (χ0n) is 11.7. The summed E-state index contributed by atoms with van der Waals surface area (Å²) in [4.78, 5) is 30.3. The molecule has 0 aliphatic carbocycles. The van der Waals surface area contributed by atoms with E-state index in [0.29, 0.717) is 13.0 Å². The molecule has 0 saturated heterocycles. The molecule has 8 nitrogen and oxygen atoms in total. The van der Waals surface area contributed by atoms with Crippen molar-refractivity contribution in [3.05, 3.63) is 0 Å². The Morgan fingerprint density at radius 3 is 2.20 bits per heavy atom. The van der Waals surface area contributed by atoms with Crippen LogP contribution in [0.15, 0.2) is 0 Å². The maximum Gasteiger partial charge on any atom is 0.323 e. The van der Waals surface area contributed by atoms with Crippen molar-refractivity contribution in [2.45, 2.75) is 25.3 Å². The summed E-state index contributed by atoms with van der Waals surface area (Å²) < 4.78 is 0.